The molecule has 3 aliphatic rings. The lowest BCUT2D eigenvalue weighted by molar-refractivity contribution is -0.141. The molecule has 0 amide bonds. The minimum Gasteiger partial charge on any atom is -0.481 e. The lowest BCUT2D eigenvalue weighted by Crippen LogP contribution is -2.38. The molecule has 0 radical (unpaired) electrons. The van der Waals surface area contributed by atoms with E-state index in [4.69, 9.17) is 23.2 Å². The van der Waals surface area contributed by atoms with E-state index >= 15 is 0 Å². The summed E-state index contributed by atoms with van der Waals surface area (Å²) in [5.41, 5.74) is 0.829. The van der Waals surface area contributed by atoms with E-state index in [0.29, 0.717) is 54.2 Å². The van der Waals surface area contributed by atoms with Crippen LogP contribution in [0.2, 0.25) is 10.0 Å². The monoisotopic (exact) mass is 685 g/mol. The summed E-state index contributed by atoms with van der Waals surface area (Å²) in [5.74, 6) is -0.235. The van der Waals surface area contributed by atoms with Crippen LogP contribution in [0, 0.1) is 17.8 Å². The first kappa shape index (κ1) is 33.5. The maximum absolute atomic E-state index is 13.0. The molecule has 0 spiro atoms. The van der Waals surface area contributed by atoms with Gasteiger partial charge in [-0.3, -0.25) is 4.79 Å². The number of rotatable bonds is 11. The second-order valence-electron chi connectivity index (χ2n) is 12.4. The number of nitrogens with one attached hydrogen (secondary N) is 1. The molecular formula is C31H41Cl2N3O6S2. The average molecular weight is 687 g/mol. The largest absolute Gasteiger partial charge is 0.481 e. The van der Waals surface area contributed by atoms with Gasteiger partial charge in [-0.1, -0.05) is 48.5 Å². The zero-order valence-electron chi connectivity index (χ0n) is 24.7. The van der Waals surface area contributed by atoms with Gasteiger partial charge in [0.2, 0.25) is 20.0 Å². The Morgan fingerprint density at radius 2 is 1.50 bits per heavy atom. The Balaban J connectivity index is 1.04. The highest BCUT2D eigenvalue weighted by Gasteiger charge is 2.33. The second kappa shape index (κ2) is 14.3. The van der Waals surface area contributed by atoms with E-state index in [1.807, 2.05) is 0 Å². The molecule has 9 nitrogen and oxygen atoms in total. The third-order valence-electron chi connectivity index (χ3n) is 9.52. The molecule has 13 heteroatoms. The number of anilines is 1. The molecule has 2 N–H and O–H groups in total. The lowest BCUT2D eigenvalue weighted by Gasteiger charge is -2.35. The number of carboxylic acids is 1. The molecule has 2 aromatic rings. The van der Waals surface area contributed by atoms with Gasteiger partial charge in [-0.25, -0.2) is 21.6 Å². The molecule has 0 aromatic heterocycles. The van der Waals surface area contributed by atoms with Gasteiger partial charge in [0.05, 0.1) is 26.4 Å². The summed E-state index contributed by atoms with van der Waals surface area (Å²) < 4.78 is 56.0. The topological polar surface area (TPSA) is 124 Å². The van der Waals surface area contributed by atoms with Crippen LogP contribution in [0.5, 0.6) is 0 Å². The standard InChI is InChI=1S/C31H41Cl2N3O6S2/c32-25-5-2-6-28(20-25)44(41,42)36-17-13-23(14-18-36)4-1-3-22-11-15-35(16-12-22)30-10-9-27(21-29(30)33)43(39,40)34-26-8-7-24(19-26)31(37)38/h2,5-6,9-10,20-24,26,34H,1,3-4,7-8,11-19H2,(H,37,38). The highest BCUT2D eigenvalue weighted by Crippen LogP contribution is 2.35. The molecule has 3 fully saturated rings. The number of hydrogen-bond donors (Lipinski definition) is 2. The minimum absolute atomic E-state index is 0.0906. The number of aliphatic carboxylic acids is 1. The van der Waals surface area contributed by atoms with Gasteiger partial charge < -0.3 is 10.0 Å². The van der Waals surface area contributed by atoms with Gasteiger partial charge in [0.15, 0.2) is 0 Å². The lowest BCUT2D eigenvalue weighted by atomic mass is 9.87. The molecule has 2 aliphatic heterocycles. The maximum Gasteiger partial charge on any atom is 0.306 e. The first-order valence-electron chi connectivity index (χ1n) is 15.5. The average Bonchev–Trinajstić information content (AvgIpc) is 3.46. The van der Waals surface area contributed by atoms with Crippen molar-refractivity contribution < 1.29 is 26.7 Å². The first-order valence-corrected chi connectivity index (χ1v) is 19.2. The van der Waals surface area contributed by atoms with Crippen molar-refractivity contribution >= 4 is 54.9 Å². The van der Waals surface area contributed by atoms with Crippen LogP contribution in [-0.2, 0) is 24.8 Å². The van der Waals surface area contributed by atoms with Gasteiger partial charge in [-0.2, -0.15) is 4.31 Å². The number of carboxylic acid groups (broad SMARTS) is 1. The quantitative estimate of drug-likeness (QED) is 0.297. The Morgan fingerprint density at radius 3 is 2.09 bits per heavy atom. The zero-order chi connectivity index (χ0) is 31.5. The van der Waals surface area contributed by atoms with Crippen molar-refractivity contribution in [2.45, 2.75) is 80.0 Å². The second-order valence-corrected chi connectivity index (χ2v) is 16.9. The summed E-state index contributed by atoms with van der Waals surface area (Å²) >= 11 is 12.6. The van der Waals surface area contributed by atoms with Crippen LogP contribution in [-0.4, -0.2) is 64.4 Å². The van der Waals surface area contributed by atoms with Crippen molar-refractivity contribution in [3.05, 3.63) is 52.5 Å². The Kier molecular flexibility index (Phi) is 10.8. The summed E-state index contributed by atoms with van der Waals surface area (Å²) in [6, 6.07) is 10.9. The molecule has 1 saturated carbocycles. The Morgan fingerprint density at radius 1 is 0.841 bits per heavy atom. The van der Waals surface area contributed by atoms with Crippen molar-refractivity contribution in [3.63, 3.8) is 0 Å². The molecule has 2 unspecified atom stereocenters. The van der Waals surface area contributed by atoms with E-state index in [2.05, 4.69) is 9.62 Å². The third-order valence-corrected chi connectivity index (χ3v) is 13.5. The number of halogens is 2. The number of hydrogen-bond acceptors (Lipinski definition) is 6. The molecule has 1 aliphatic carbocycles. The Bertz CT molecular complexity index is 1540. The Labute approximate surface area is 271 Å². The number of sulfonamides is 2. The van der Waals surface area contributed by atoms with Gasteiger partial charge in [-0.15, -0.1) is 0 Å². The summed E-state index contributed by atoms with van der Waals surface area (Å²) in [6.45, 7) is 2.79. The molecule has 2 aromatic carbocycles. The van der Waals surface area contributed by atoms with Crippen molar-refractivity contribution in [2.75, 3.05) is 31.1 Å². The summed E-state index contributed by atoms with van der Waals surface area (Å²) in [7, 11) is -7.31. The molecule has 44 heavy (non-hydrogen) atoms. The number of nitrogens with zero attached hydrogens (tertiary/aromatic N) is 2. The van der Waals surface area contributed by atoms with Crippen LogP contribution in [0.3, 0.4) is 0 Å². The molecule has 0 bridgehead atoms. The van der Waals surface area contributed by atoms with E-state index in [-0.39, 0.29) is 15.8 Å². The molecular weight excluding hydrogens is 645 g/mol. The fraction of sp³-hybridized carbons (Fsp3) is 0.581. The van der Waals surface area contributed by atoms with E-state index in [1.165, 1.54) is 12.1 Å². The molecule has 2 atom stereocenters. The van der Waals surface area contributed by atoms with Crippen LogP contribution >= 0.6 is 23.2 Å². The van der Waals surface area contributed by atoms with Gasteiger partial charge in [0.1, 0.15) is 0 Å². The van der Waals surface area contributed by atoms with Crippen LogP contribution in [0.15, 0.2) is 52.3 Å². The van der Waals surface area contributed by atoms with Crippen LogP contribution in [0.1, 0.15) is 64.2 Å². The predicted octanol–water partition coefficient (Wildman–Crippen LogP) is 6.01. The van der Waals surface area contributed by atoms with E-state index in [9.17, 15) is 26.7 Å². The van der Waals surface area contributed by atoms with Crippen molar-refractivity contribution in [3.8, 4) is 0 Å². The molecule has 2 saturated heterocycles. The SMILES string of the molecule is O=C(O)C1CCC(NS(=O)(=O)c2ccc(N3CCC(CCCC4CCN(S(=O)(=O)c5cccc(Cl)c5)CC4)CC3)c(Cl)c2)C1. The summed E-state index contributed by atoms with van der Waals surface area (Å²) in [4.78, 5) is 13.8. The van der Waals surface area contributed by atoms with Crippen molar-refractivity contribution in [1.29, 1.82) is 0 Å². The summed E-state index contributed by atoms with van der Waals surface area (Å²) in [6.07, 6.45) is 8.49. The highest BCUT2D eigenvalue weighted by molar-refractivity contribution is 7.89. The van der Waals surface area contributed by atoms with Gasteiger partial charge >= 0.3 is 5.97 Å². The van der Waals surface area contributed by atoms with Crippen molar-refractivity contribution in [1.82, 2.24) is 9.03 Å². The van der Waals surface area contributed by atoms with Crippen LogP contribution < -0.4 is 9.62 Å². The smallest absolute Gasteiger partial charge is 0.306 e. The molecule has 2 heterocycles. The number of piperidine rings is 2. The number of benzene rings is 2. The summed E-state index contributed by atoms with van der Waals surface area (Å²) in [5, 5.41) is 10.0. The first-order chi connectivity index (χ1) is 20.9. The fourth-order valence-electron chi connectivity index (χ4n) is 6.88. The van der Waals surface area contributed by atoms with Gasteiger partial charge in [0, 0.05) is 37.2 Å². The minimum atomic E-state index is -3.80. The van der Waals surface area contributed by atoms with Gasteiger partial charge in [0.25, 0.3) is 0 Å². The van der Waals surface area contributed by atoms with E-state index in [0.717, 1.165) is 63.7 Å². The third kappa shape index (κ3) is 8.09. The van der Waals surface area contributed by atoms with E-state index in [1.54, 1.807) is 34.6 Å². The maximum atomic E-state index is 13.0. The highest BCUT2D eigenvalue weighted by atomic mass is 35.5. The zero-order valence-corrected chi connectivity index (χ0v) is 27.9. The molecule has 242 valence electrons. The van der Waals surface area contributed by atoms with Crippen LogP contribution in [0.25, 0.3) is 0 Å². The van der Waals surface area contributed by atoms with Crippen molar-refractivity contribution in [2.24, 2.45) is 17.8 Å². The van der Waals surface area contributed by atoms with Crippen LogP contribution in [0.4, 0.5) is 5.69 Å². The van der Waals surface area contributed by atoms with E-state index < -0.39 is 31.9 Å². The normalized spacial score (nSPS) is 22.8. The van der Waals surface area contributed by atoms with Gasteiger partial charge in [-0.05, 0) is 93.2 Å². The Hall–Kier alpha value is -1.89. The predicted molar refractivity (Wildman–Crippen MR) is 172 cm³/mol. The number of carbonyl (C=O) groups is 1. The fourth-order valence-corrected chi connectivity index (χ4v) is 10.3. The molecule has 5 rings (SSSR count).